The van der Waals surface area contributed by atoms with Crippen LogP contribution in [0.1, 0.15) is 44.1 Å². The summed E-state index contributed by atoms with van der Waals surface area (Å²) in [5, 5.41) is 5.75. The van der Waals surface area contributed by atoms with Gasteiger partial charge >= 0.3 is 0 Å². The van der Waals surface area contributed by atoms with E-state index in [1.54, 1.807) is 12.1 Å². The fourth-order valence-electron chi connectivity index (χ4n) is 5.39. The third-order valence-corrected chi connectivity index (χ3v) is 6.85. The molecule has 3 nitrogen and oxygen atoms in total. The van der Waals surface area contributed by atoms with E-state index in [-0.39, 0.29) is 16.8 Å². The van der Waals surface area contributed by atoms with Gasteiger partial charge in [-0.1, -0.05) is 44.2 Å². The van der Waals surface area contributed by atoms with Gasteiger partial charge in [-0.25, -0.2) is 8.78 Å². The number of ketones is 1. The predicted octanol–water partition coefficient (Wildman–Crippen LogP) is 7.69. The highest BCUT2D eigenvalue weighted by atomic mass is 19.1. The summed E-state index contributed by atoms with van der Waals surface area (Å²) in [5.74, 6) is -0.420. The molecule has 1 atom stereocenters. The van der Waals surface area contributed by atoms with Crippen LogP contribution in [0.5, 0.6) is 0 Å². The lowest BCUT2D eigenvalue weighted by Crippen LogP contribution is -2.33. The number of nitrogens with one attached hydrogen (secondary N) is 1. The minimum Gasteiger partial charge on any atom is -0.458 e. The molecule has 1 aliphatic carbocycles. The lowest BCUT2D eigenvalue weighted by Gasteiger charge is -2.39. The van der Waals surface area contributed by atoms with Gasteiger partial charge in [-0.05, 0) is 58.5 Å². The maximum absolute atomic E-state index is 14.4. The largest absolute Gasteiger partial charge is 0.458 e. The summed E-state index contributed by atoms with van der Waals surface area (Å²) in [7, 11) is 0. The molecule has 0 unspecified atom stereocenters. The summed E-state index contributed by atoms with van der Waals surface area (Å²) >= 11 is 0. The molecule has 3 aromatic carbocycles. The van der Waals surface area contributed by atoms with Gasteiger partial charge in [0.15, 0.2) is 5.78 Å². The van der Waals surface area contributed by atoms with Crippen LogP contribution >= 0.6 is 0 Å². The van der Waals surface area contributed by atoms with E-state index in [4.69, 9.17) is 4.42 Å². The maximum atomic E-state index is 14.4. The number of allylic oxidation sites excluding steroid dienone is 1. The number of rotatable bonds is 2. The van der Waals surface area contributed by atoms with Gasteiger partial charge in [0.25, 0.3) is 0 Å². The SMILES string of the molecule is CC1(C)CC(=O)C2=C(C1)c1c(ccc3ccccc13)N[C@H]2c1ccc(-c2ccc(F)cc2F)o1. The first kappa shape index (κ1) is 20.8. The lowest BCUT2D eigenvalue weighted by molar-refractivity contribution is -0.118. The fraction of sp³-hybridized carbons (Fsp3) is 0.207. The predicted molar refractivity (Wildman–Crippen MR) is 129 cm³/mol. The van der Waals surface area contributed by atoms with Gasteiger partial charge in [0.05, 0.1) is 5.56 Å². The second-order valence-corrected chi connectivity index (χ2v) is 9.95. The number of Topliss-reactive ketones (excluding diaryl/α,β-unsaturated/α-hetero) is 1. The molecule has 2 aliphatic rings. The zero-order chi connectivity index (χ0) is 23.6. The third kappa shape index (κ3) is 3.26. The first-order valence-electron chi connectivity index (χ1n) is 11.4. The monoisotopic (exact) mass is 455 g/mol. The van der Waals surface area contributed by atoms with E-state index in [0.717, 1.165) is 40.1 Å². The van der Waals surface area contributed by atoms with Crippen molar-refractivity contribution in [1.82, 2.24) is 0 Å². The molecule has 0 radical (unpaired) electrons. The standard InChI is InChI=1S/C29H23F2NO2/c1-29(2)14-20-26-18-6-4-3-5-16(18)7-10-22(26)32-28(27(20)23(33)15-29)25-12-11-24(34-25)19-9-8-17(30)13-21(19)31/h3-13,28,32H,14-15H2,1-2H3/t28-/m0/s1. The molecule has 1 aromatic heterocycles. The highest BCUT2D eigenvalue weighted by Gasteiger charge is 2.41. The van der Waals surface area contributed by atoms with Crippen LogP contribution in [-0.2, 0) is 4.79 Å². The molecular formula is C29H23F2NO2. The van der Waals surface area contributed by atoms with Crippen LogP contribution in [0.25, 0.3) is 27.7 Å². The Hall–Kier alpha value is -3.73. The zero-order valence-electron chi connectivity index (χ0n) is 18.9. The first-order valence-corrected chi connectivity index (χ1v) is 11.4. The molecular weight excluding hydrogens is 432 g/mol. The molecule has 0 fully saturated rings. The fourth-order valence-corrected chi connectivity index (χ4v) is 5.39. The van der Waals surface area contributed by atoms with Gasteiger partial charge in [-0.15, -0.1) is 0 Å². The molecule has 0 saturated carbocycles. The van der Waals surface area contributed by atoms with Crippen molar-refractivity contribution >= 4 is 27.8 Å². The minimum absolute atomic E-state index is 0.0910. The Kier molecular flexibility index (Phi) is 4.53. The van der Waals surface area contributed by atoms with Gasteiger partial charge in [-0.3, -0.25) is 4.79 Å². The molecule has 34 heavy (non-hydrogen) atoms. The number of hydrogen-bond donors (Lipinski definition) is 1. The van der Waals surface area contributed by atoms with Crippen molar-refractivity contribution in [1.29, 1.82) is 0 Å². The number of halogens is 2. The summed E-state index contributed by atoms with van der Waals surface area (Å²) in [4.78, 5) is 13.5. The summed E-state index contributed by atoms with van der Waals surface area (Å²) < 4.78 is 33.8. The molecule has 1 aliphatic heterocycles. The van der Waals surface area contributed by atoms with Crippen molar-refractivity contribution in [2.75, 3.05) is 5.32 Å². The molecule has 1 N–H and O–H groups in total. The minimum atomic E-state index is -0.690. The second-order valence-electron chi connectivity index (χ2n) is 9.95. The average molecular weight is 456 g/mol. The van der Waals surface area contributed by atoms with Gasteiger partial charge in [0.2, 0.25) is 0 Å². The van der Waals surface area contributed by atoms with E-state index in [0.29, 0.717) is 23.5 Å². The highest BCUT2D eigenvalue weighted by molar-refractivity contribution is 6.12. The Morgan fingerprint density at radius 2 is 1.79 bits per heavy atom. The van der Waals surface area contributed by atoms with Crippen molar-refractivity contribution in [3.63, 3.8) is 0 Å². The van der Waals surface area contributed by atoms with Crippen LogP contribution in [0.2, 0.25) is 0 Å². The third-order valence-electron chi connectivity index (χ3n) is 6.85. The van der Waals surface area contributed by atoms with Crippen molar-refractivity contribution in [3.8, 4) is 11.3 Å². The second kappa shape index (κ2) is 7.39. The summed E-state index contributed by atoms with van der Waals surface area (Å²) in [6.07, 6.45) is 1.22. The molecule has 4 aromatic rings. The summed E-state index contributed by atoms with van der Waals surface area (Å²) in [6.45, 7) is 4.25. The van der Waals surface area contributed by atoms with Gasteiger partial charge < -0.3 is 9.73 Å². The molecule has 170 valence electrons. The Bertz CT molecular complexity index is 1510. The van der Waals surface area contributed by atoms with Gasteiger partial charge in [-0.2, -0.15) is 0 Å². The van der Waals surface area contributed by atoms with E-state index in [2.05, 4.69) is 37.4 Å². The number of carbonyl (C=O) groups is 1. The van der Waals surface area contributed by atoms with Gasteiger partial charge in [0.1, 0.15) is 29.2 Å². The van der Waals surface area contributed by atoms with E-state index < -0.39 is 17.7 Å². The van der Waals surface area contributed by atoms with E-state index in [1.165, 1.54) is 12.1 Å². The molecule has 0 bridgehead atoms. The normalized spacial score (nSPS) is 19.1. The maximum Gasteiger partial charge on any atom is 0.162 e. The van der Waals surface area contributed by atoms with E-state index >= 15 is 0 Å². The number of benzene rings is 3. The van der Waals surface area contributed by atoms with Crippen molar-refractivity contribution in [2.24, 2.45) is 5.41 Å². The summed E-state index contributed by atoms with van der Waals surface area (Å²) in [6, 6.07) is 18.7. The van der Waals surface area contributed by atoms with Crippen LogP contribution in [0, 0.1) is 17.0 Å². The topological polar surface area (TPSA) is 42.2 Å². The number of furan rings is 1. The zero-order valence-corrected chi connectivity index (χ0v) is 18.9. The molecule has 0 spiro atoms. The first-order chi connectivity index (χ1) is 16.3. The number of anilines is 1. The van der Waals surface area contributed by atoms with Crippen LogP contribution in [-0.4, -0.2) is 5.78 Å². The number of hydrogen-bond acceptors (Lipinski definition) is 3. The number of carbonyl (C=O) groups excluding carboxylic acids is 1. The average Bonchev–Trinajstić information content (AvgIpc) is 3.27. The van der Waals surface area contributed by atoms with Crippen molar-refractivity contribution in [2.45, 2.75) is 32.7 Å². The highest BCUT2D eigenvalue weighted by Crippen LogP contribution is 2.52. The van der Waals surface area contributed by atoms with Crippen LogP contribution < -0.4 is 5.32 Å². The van der Waals surface area contributed by atoms with Crippen molar-refractivity contribution in [3.05, 3.63) is 95.3 Å². The Labute approximate surface area is 196 Å². The van der Waals surface area contributed by atoms with Crippen molar-refractivity contribution < 1.29 is 18.0 Å². The van der Waals surface area contributed by atoms with Crippen LogP contribution in [0.3, 0.4) is 0 Å². The molecule has 0 amide bonds. The van der Waals surface area contributed by atoms with E-state index in [1.807, 2.05) is 18.2 Å². The molecule has 2 heterocycles. The van der Waals surface area contributed by atoms with Gasteiger partial charge in [0, 0.05) is 29.3 Å². The Morgan fingerprint density at radius 1 is 0.971 bits per heavy atom. The number of fused-ring (bicyclic) bond motifs is 4. The molecule has 5 heteroatoms. The van der Waals surface area contributed by atoms with Crippen LogP contribution in [0.15, 0.2) is 76.7 Å². The Balaban J connectivity index is 1.53. The molecule has 6 rings (SSSR count). The summed E-state index contributed by atoms with van der Waals surface area (Å²) in [5.41, 5.74) is 3.80. The molecule has 0 saturated heterocycles. The smallest absolute Gasteiger partial charge is 0.162 e. The lowest BCUT2D eigenvalue weighted by atomic mass is 9.68. The van der Waals surface area contributed by atoms with E-state index in [9.17, 15) is 13.6 Å². The van der Waals surface area contributed by atoms with Crippen LogP contribution in [0.4, 0.5) is 14.5 Å². The quantitative estimate of drug-likeness (QED) is 0.337. The Morgan fingerprint density at radius 3 is 2.62 bits per heavy atom.